The van der Waals surface area contributed by atoms with E-state index in [9.17, 15) is 4.79 Å². The van der Waals surface area contributed by atoms with Gasteiger partial charge in [-0.2, -0.15) is 0 Å². The fraction of sp³-hybridized carbons (Fsp3) is 0.350. The van der Waals surface area contributed by atoms with Crippen molar-refractivity contribution in [3.05, 3.63) is 59.7 Å². The van der Waals surface area contributed by atoms with Gasteiger partial charge in [0.05, 0.1) is 12.7 Å². The molecule has 2 N–H and O–H groups in total. The summed E-state index contributed by atoms with van der Waals surface area (Å²) in [5.41, 5.74) is 8.30. The Morgan fingerprint density at radius 1 is 1.04 bits per heavy atom. The van der Waals surface area contributed by atoms with E-state index in [1.807, 2.05) is 29.2 Å². The zero-order valence-corrected chi connectivity index (χ0v) is 17.3. The number of rotatable bonds is 4. The summed E-state index contributed by atoms with van der Waals surface area (Å²) in [6, 6.07) is 15.7. The highest BCUT2D eigenvalue weighted by Crippen LogP contribution is 2.25. The van der Waals surface area contributed by atoms with Gasteiger partial charge in [-0.3, -0.25) is 9.69 Å². The Bertz CT molecular complexity index is 750. The van der Waals surface area contributed by atoms with Crippen LogP contribution in [0.2, 0.25) is 0 Å². The number of methoxy groups -OCH3 is 1. The number of halogens is 2. The highest BCUT2D eigenvalue weighted by atomic mass is 35.5. The molecule has 0 radical (unpaired) electrons. The minimum Gasteiger partial charge on any atom is -0.497 e. The summed E-state index contributed by atoms with van der Waals surface area (Å²) in [5, 5.41) is 0. The number of piperazine rings is 1. The molecule has 2 aromatic carbocycles. The van der Waals surface area contributed by atoms with E-state index in [0.29, 0.717) is 24.3 Å². The largest absolute Gasteiger partial charge is 0.497 e. The van der Waals surface area contributed by atoms with Crippen molar-refractivity contribution in [3.63, 3.8) is 0 Å². The van der Waals surface area contributed by atoms with Gasteiger partial charge in [0, 0.05) is 37.9 Å². The van der Waals surface area contributed by atoms with Gasteiger partial charge < -0.3 is 15.4 Å². The van der Waals surface area contributed by atoms with Crippen molar-refractivity contribution >= 4 is 36.4 Å². The molecule has 0 aromatic heterocycles. The molecule has 7 heteroatoms. The number of nitrogens with zero attached hydrogens (tertiary/aromatic N) is 2. The standard InChI is InChI=1S/C20H25N3O2.2ClH/c1-15(16-6-5-7-17(14-16)25-2)22-10-12-23(13-11-22)20(24)18-8-3-4-9-19(18)21;;/h3-9,14-15H,10-13,21H2,1-2H3;2*1H. The SMILES string of the molecule is COc1cccc(C(C)N2CCN(C(=O)c3ccccc3N)CC2)c1.Cl.Cl. The first kappa shape index (κ1) is 23.1. The maximum atomic E-state index is 12.7. The molecule has 1 saturated heterocycles. The average Bonchev–Trinajstić information content (AvgIpc) is 2.67. The Kier molecular flexibility index (Phi) is 8.89. The van der Waals surface area contributed by atoms with Crippen molar-refractivity contribution in [2.45, 2.75) is 13.0 Å². The fourth-order valence-electron chi connectivity index (χ4n) is 3.29. The number of carbonyl (C=O) groups is 1. The fourth-order valence-corrected chi connectivity index (χ4v) is 3.29. The second kappa shape index (κ2) is 10.4. The quantitative estimate of drug-likeness (QED) is 0.780. The smallest absolute Gasteiger partial charge is 0.256 e. The van der Waals surface area contributed by atoms with E-state index < -0.39 is 0 Å². The number of hydrogen-bond donors (Lipinski definition) is 1. The molecular formula is C20H27Cl2N3O2. The summed E-state index contributed by atoms with van der Waals surface area (Å²) in [4.78, 5) is 16.9. The predicted octanol–water partition coefficient (Wildman–Crippen LogP) is 3.64. The summed E-state index contributed by atoms with van der Waals surface area (Å²) in [6.45, 7) is 5.30. The van der Waals surface area contributed by atoms with Gasteiger partial charge in [0.1, 0.15) is 5.75 Å². The van der Waals surface area contributed by atoms with Crippen molar-refractivity contribution < 1.29 is 9.53 Å². The van der Waals surface area contributed by atoms with E-state index in [1.165, 1.54) is 5.56 Å². The van der Waals surface area contributed by atoms with Gasteiger partial charge in [-0.15, -0.1) is 24.8 Å². The molecule has 27 heavy (non-hydrogen) atoms. The van der Waals surface area contributed by atoms with E-state index in [4.69, 9.17) is 10.5 Å². The third-order valence-electron chi connectivity index (χ3n) is 4.92. The normalized spacial score (nSPS) is 15.3. The lowest BCUT2D eigenvalue weighted by molar-refractivity contribution is 0.0583. The summed E-state index contributed by atoms with van der Waals surface area (Å²) in [6.07, 6.45) is 0. The van der Waals surface area contributed by atoms with Crippen LogP contribution in [0, 0.1) is 0 Å². The number of anilines is 1. The van der Waals surface area contributed by atoms with E-state index in [2.05, 4.69) is 24.0 Å². The Morgan fingerprint density at radius 3 is 2.33 bits per heavy atom. The summed E-state index contributed by atoms with van der Waals surface area (Å²) in [7, 11) is 1.68. The van der Waals surface area contributed by atoms with Gasteiger partial charge >= 0.3 is 0 Å². The van der Waals surface area contributed by atoms with Crippen LogP contribution < -0.4 is 10.5 Å². The highest BCUT2D eigenvalue weighted by molar-refractivity contribution is 5.99. The number of nitrogen functional groups attached to an aromatic ring is 1. The van der Waals surface area contributed by atoms with Crippen LogP contribution in [-0.2, 0) is 0 Å². The van der Waals surface area contributed by atoms with Crippen molar-refractivity contribution in [1.29, 1.82) is 0 Å². The van der Waals surface area contributed by atoms with Crippen LogP contribution in [-0.4, -0.2) is 49.0 Å². The Labute approximate surface area is 173 Å². The van der Waals surface area contributed by atoms with Crippen molar-refractivity contribution in [2.75, 3.05) is 39.0 Å². The molecule has 1 fully saturated rings. The molecule has 3 rings (SSSR count). The minimum atomic E-state index is 0. The minimum absolute atomic E-state index is 0. The van der Waals surface area contributed by atoms with Gasteiger partial charge in [-0.1, -0.05) is 24.3 Å². The molecule has 0 aliphatic carbocycles. The van der Waals surface area contributed by atoms with E-state index >= 15 is 0 Å². The average molecular weight is 412 g/mol. The van der Waals surface area contributed by atoms with Crippen LogP contribution in [0.1, 0.15) is 28.9 Å². The highest BCUT2D eigenvalue weighted by Gasteiger charge is 2.26. The number of nitrogens with two attached hydrogens (primary N) is 1. The maximum Gasteiger partial charge on any atom is 0.256 e. The van der Waals surface area contributed by atoms with Gasteiger partial charge in [-0.25, -0.2) is 0 Å². The second-order valence-corrected chi connectivity index (χ2v) is 6.37. The lowest BCUT2D eigenvalue weighted by atomic mass is 10.1. The molecule has 1 aliphatic rings. The molecule has 0 bridgehead atoms. The number of hydrogen-bond acceptors (Lipinski definition) is 4. The molecule has 1 atom stereocenters. The number of para-hydroxylation sites is 1. The molecule has 1 unspecified atom stereocenters. The number of ether oxygens (including phenoxy) is 1. The molecule has 2 aromatic rings. The third kappa shape index (κ3) is 5.28. The van der Waals surface area contributed by atoms with Crippen LogP contribution in [0.4, 0.5) is 5.69 Å². The second-order valence-electron chi connectivity index (χ2n) is 6.37. The molecule has 1 amide bonds. The molecule has 1 heterocycles. The van der Waals surface area contributed by atoms with Crippen LogP contribution in [0.5, 0.6) is 5.75 Å². The number of amides is 1. The van der Waals surface area contributed by atoms with Crippen LogP contribution in [0.25, 0.3) is 0 Å². The summed E-state index contributed by atoms with van der Waals surface area (Å²) < 4.78 is 5.32. The van der Waals surface area contributed by atoms with Gasteiger partial charge in [0.15, 0.2) is 0 Å². The molecule has 0 saturated carbocycles. The monoisotopic (exact) mass is 411 g/mol. The zero-order valence-electron chi connectivity index (χ0n) is 15.6. The first-order valence-electron chi connectivity index (χ1n) is 8.62. The molecule has 0 spiro atoms. The van der Waals surface area contributed by atoms with Gasteiger partial charge in [-0.05, 0) is 36.8 Å². The number of benzene rings is 2. The van der Waals surface area contributed by atoms with Crippen LogP contribution >= 0.6 is 24.8 Å². The Morgan fingerprint density at radius 2 is 1.70 bits per heavy atom. The van der Waals surface area contributed by atoms with Gasteiger partial charge in [0.2, 0.25) is 0 Å². The topological polar surface area (TPSA) is 58.8 Å². The first-order valence-corrected chi connectivity index (χ1v) is 8.62. The van der Waals surface area contributed by atoms with Crippen molar-refractivity contribution in [3.8, 4) is 5.75 Å². The van der Waals surface area contributed by atoms with E-state index in [-0.39, 0.29) is 36.8 Å². The Hall–Kier alpha value is -1.95. The van der Waals surface area contributed by atoms with Crippen molar-refractivity contribution in [1.82, 2.24) is 9.80 Å². The summed E-state index contributed by atoms with van der Waals surface area (Å²) in [5.74, 6) is 0.893. The van der Waals surface area contributed by atoms with Crippen molar-refractivity contribution in [2.24, 2.45) is 0 Å². The van der Waals surface area contributed by atoms with Crippen LogP contribution in [0.3, 0.4) is 0 Å². The molecule has 5 nitrogen and oxygen atoms in total. The summed E-state index contributed by atoms with van der Waals surface area (Å²) >= 11 is 0. The zero-order chi connectivity index (χ0) is 17.8. The lowest BCUT2D eigenvalue weighted by Gasteiger charge is -2.38. The third-order valence-corrected chi connectivity index (χ3v) is 4.92. The maximum absolute atomic E-state index is 12.7. The molecular weight excluding hydrogens is 385 g/mol. The van der Waals surface area contributed by atoms with Crippen LogP contribution in [0.15, 0.2) is 48.5 Å². The predicted molar refractivity (Wildman–Crippen MR) is 114 cm³/mol. The van der Waals surface area contributed by atoms with Gasteiger partial charge in [0.25, 0.3) is 5.91 Å². The Balaban J connectivity index is 0.00000182. The number of carbonyl (C=O) groups excluding carboxylic acids is 1. The molecule has 1 aliphatic heterocycles. The lowest BCUT2D eigenvalue weighted by Crippen LogP contribution is -2.49. The van der Waals surface area contributed by atoms with E-state index in [0.717, 1.165) is 18.8 Å². The first-order chi connectivity index (χ1) is 12.1. The van der Waals surface area contributed by atoms with E-state index in [1.54, 1.807) is 19.2 Å². The molecule has 148 valence electrons.